The second-order valence-corrected chi connectivity index (χ2v) is 10.4. The second kappa shape index (κ2) is 8.68. The molecule has 2 amide bonds. The molecule has 2 aromatic carbocycles. The Balaban J connectivity index is 1.49. The van der Waals surface area contributed by atoms with E-state index in [1.54, 1.807) is 19.1 Å². The van der Waals surface area contributed by atoms with Crippen molar-refractivity contribution < 1.29 is 14.3 Å². The minimum absolute atomic E-state index is 0.0244. The lowest BCUT2D eigenvalue weighted by atomic mass is 9.64. The molecule has 2 aromatic rings. The summed E-state index contributed by atoms with van der Waals surface area (Å²) in [6, 6.07) is 17.8. The number of carbonyl (C=O) groups is 2. The quantitative estimate of drug-likeness (QED) is 0.640. The topological polar surface area (TPSA) is 49.9 Å². The predicted molar refractivity (Wildman–Crippen MR) is 128 cm³/mol. The largest absolute Gasteiger partial charge is 0.482 e. The van der Waals surface area contributed by atoms with Crippen LogP contribution in [0.5, 0.6) is 5.75 Å². The van der Waals surface area contributed by atoms with Crippen molar-refractivity contribution in [3.63, 3.8) is 0 Å². The van der Waals surface area contributed by atoms with E-state index in [2.05, 4.69) is 28.9 Å². The second-order valence-electron chi connectivity index (χ2n) is 9.94. The fourth-order valence-electron chi connectivity index (χ4n) is 6.77. The first kappa shape index (κ1) is 22.3. The normalized spacial score (nSPS) is 30.3. The summed E-state index contributed by atoms with van der Waals surface area (Å²) in [5.74, 6) is 0.613. The molecular weight excluding hydrogens is 436 g/mol. The molecule has 2 heterocycles. The van der Waals surface area contributed by atoms with Crippen LogP contribution in [0.2, 0.25) is 5.02 Å². The summed E-state index contributed by atoms with van der Waals surface area (Å²) in [4.78, 5) is 30.8. The molecule has 6 heteroatoms. The highest BCUT2D eigenvalue weighted by atomic mass is 35.5. The van der Waals surface area contributed by atoms with Crippen molar-refractivity contribution in [1.82, 2.24) is 9.80 Å². The van der Waals surface area contributed by atoms with E-state index in [1.807, 2.05) is 30.3 Å². The van der Waals surface area contributed by atoms with Crippen LogP contribution in [0.25, 0.3) is 0 Å². The van der Waals surface area contributed by atoms with Crippen molar-refractivity contribution in [3.8, 4) is 5.75 Å². The lowest BCUT2D eigenvalue weighted by Gasteiger charge is -2.53. The Morgan fingerprint density at radius 2 is 1.70 bits per heavy atom. The number of halogens is 1. The molecule has 2 aliphatic heterocycles. The number of para-hydroxylation sites is 1. The number of likely N-dealkylation sites (tertiary alicyclic amines) is 2. The molecular formula is C27H31ClN2O3. The molecule has 33 heavy (non-hydrogen) atoms. The number of hydrogen-bond donors (Lipinski definition) is 0. The third-order valence-electron chi connectivity index (χ3n) is 8.08. The van der Waals surface area contributed by atoms with Crippen molar-refractivity contribution in [2.24, 2.45) is 5.41 Å². The number of ether oxygens (including phenoxy) is 1. The van der Waals surface area contributed by atoms with Gasteiger partial charge in [0.25, 0.3) is 5.91 Å². The van der Waals surface area contributed by atoms with Crippen molar-refractivity contribution >= 4 is 23.4 Å². The maximum absolute atomic E-state index is 13.8. The van der Waals surface area contributed by atoms with E-state index in [1.165, 1.54) is 5.56 Å². The number of rotatable bonds is 5. The SMILES string of the molecule is CC(=O)N1[C@H]2CCC[C@H]3N(C(=O)COc4ccccc4Cl)[C@@H](Cc4ccccc4)[C@@H]1C[C@@]23C. The zero-order valence-electron chi connectivity index (χ0n) is 19.2. The van der Waals surface area contributed by atoms with Crippen LogP contribution in [0.15, 0.2) is 54.6 Å². The van der Waals surface area contributed by atoms with E-state index in [4.69, 9.17) is 16.3 Å². The van der Waals surface area contributed by atoms with E-state index >= 15 is 0 Å². The first-order valence-corrected chi connectivity index (χ1v) is 12.3. The van der Waals surface area contributed by atoms with Gasteiger partial charge in [0.05, 0.1) is 17.1 Å². The molecule has 174 valence electrons. The Morgan fingerprint density at radius 1 is 1.03 bits per heavy atom. The minimum atomic E-state index is -0.0815. The van der Waals surface area contributed by atoms with Crippen LogP contribution >= 0.6 is 11.6 Å². The summed E-state index contributed by atoms with van der Waals surface area (Å²) in [5, 5.41) is 0.497. The van der Waals surface area contributed by atoms with Gasteiger partial charge in [-0.15, -0.1) is 0 Å². The molecule has 3 fully saturated rings. The Hall–Kier alpha value is -2.53. The molecule has 1 saturated carbocycles. The minimum Gasteiger partial charge on any atom is -0.482 e. The lowest BCUT2D eigenvalue weighted by Crippen LogP contribution is -2.63. The Bertz CT molecular complexity index is 1040. The number of amides is 2. The van der Waals surface area contributed by atoms with Gasteiger partial charge >= 0.3 is 0 Å². The zero-order chi connectivity index (χ0) is 23.2. The van der Waals surface area contributed by atoms with Gasteiger partial charge in [0.1, 0.15) is 5.75 Å². The van der Waals surface area contributed by atoms with Crippen LogP contribution < -0.4 is 4.74 Å². The van der Waals surface area contributed by atoms with Crippen molar-refractivity contribution in [3.05, 3.63) is 65.2 Å². The average Bonchev–Trinajstić information content (AvgIpc) is 3.12. The molecule has 2 bridgehead atoms. The van der Waals surface area contributed by atoms with E-state index in [-0.39, 0.29) is 48.0 Å². The molecule has 0 N–H and O–H groups in total. The summed E-state index contributed by atoms with van der Waals surface area (Å²) >= 11 is 6.25. The Kier molecular flexibility index (Phi) is 5.86. The van der Waals surface area contributed by atoms with Gasteiger partial charge in [-0.2, -0.15) is 0 Å². The van der Waals surface area contributed by atoms with E-state index in [0.717, 1.165) is 32.1 Å². The summed E-state index contributed by atoms with van der Waals surface area (Å²) in [6.07, 6.45) is 4.68. The highest BCUT2D eigenvalue weighted by Gasteiger charge is 2.64. The maximum Gasteiger partial charge on any atom is 0.261 e. The first-order valence-electron chi connectivity index (χ1n) is 11.9. The summed E-state index contributed by atoms with van der Waals surface area (Å²) in [5.41, 5.74) is 1.10. The summed E-state index contributed by atoms with van der Waals surface area (Å²) in [7, 11) is 0. The van der Waals surface area contributed by atoms with Crippen LogP contribution in [0.1, 0.15) is 45.1 Å². The monoisotopic (exact) mass is 466 g/mol. The molecule has 1 aliphatic carbocycles. The van der Waals surface area contributed by atoms with Crippen molar-refractivity contribution in [2.75, 3.05) is 6.61 Å². The third-order valence-corrected chi connectivity index (χ3v) is 8.40. The number of piperidine rings is 1. The van der Waals surface area contributed by atoms with Crippen LogP contribution in [-0.2, 0) is 16.0 Å². The molecule has 0 radical (unpaired) electrons. The molecule has 0 spiro atoms. The highest BCUT2D eigenvalue weighted by Crippen LogP contribution is 2.56. The molecule has 5 nitrogen and oxygen atoms in total. The molecule has 0 unspecified atom stereocenters. The number of benzene rings is 2. The Morgan fingerprint density at radius 3 is 2.39 bits per heavy atom. The molecule has 2 saturated heterocycles. The van der Waals surface area contributed by atoms with Crippen LogP contribution in [0, 0.1) is 5.41 Å². The van der Waals surface area contributed by atoms with Crippen molar-refractivity contribution in [1.29, 1.82) is 0 Å². The summed E-state index contributed by atoms with van der Waals surface area (Å²) in [6.45, 7) is 3.91. The predicted octanol–water partition coefficient (Wildman–Crippen LogP) is 4.72. The molecule has 3 aliphatic rings. The maximum atomic E-state index is 13.8. The first-order chi connectivity index (χ1) is 15.9. The average molecular weight is 467 g/mol. The highest BCUT2D eigenvalue weighted by molar-refractivity contribution is 6.32. The van der Waals surface area contributed by atoms with Crippen LogP contribution in [0.3, 0.4) is 0 Å². The van der Waals surface area contributed by atoms with Gasteiger partial charge in [-0.25, -0.2) is 0 Å². The third kappa shape index (κ3) is 3.80. The van der Waals surface area contributed by atoms with Gasteiger partial charge in [0, 0.05) is 24.4 Å². The smallest absolute Gasteiger partial charge is 0.261 e. The van der Waals surface area contributed by atoms with Gasteiger partial charge in [-0.1, -0.05) is 61.0 Å². The molecule has 0 aromatic heterocycles. The van der Waals surface area contributed by atoms with Gasteiger partial charge in [0.15, 0.2) is 6.61 Å². The van der Waals surface area contributed by atoms with Crippen LogP contribution in [-0.4, -0.2) is 52.4 Å². The van der Waals surface area contributed by atoms with Gasteiger partial charge in [-0.05, 0) is 49.8 Å². The zero-order valence-corrected chi connectivity index (χ0v) is 20.0. The fraction of sp³-hybridized carbons (Fsp3) is 0.481. The van der Waals surface area contributed by atoms with Gasteiger partial charge in [-0.3, -0.25) is 9.59 Å². The lowest BCUT2D eigenvalue weighted by molar-refractivity contribution is -0.147. The summed E-state index contributed by atoms with van der Waals surface area (Å²) < 4.78 is 5.88. The van der Waals surface area contributed by atoms with Gasteiger partial charge < -0.3 is 14.5 Å². The number of nitrogens with zero attached hydrogens (tertiary/aromatic N) is 2. The molecule has 5 atom stereocenters. The Labute approximate surface area is 200 Å². The van der Waals surface area contributed by atoms with Gasteiger partial charge in [0.2, 0.25) is 5.91 Å². The van der Waals surface area contributed by atoms with Crippen molar-refractivity contribution in [2.45, 2.75) is 70.1 Å². The fourth-order valence-corrected chi connectivity index (χ4v) is 6.96. The number of hydrogen-bond acceptors (Lipinski definition) is 3. The van der Waals surface area contributed by atoms with Crippen LogP contribution in [0.4, 0.5) is 0 Å². The van der Waals surface area contributed by atoms with E-state index in [9.17, 15) is 9.59 Å². The molecule has 5 rings (SSSR count). The standard InChI is InChI=1S/C27H31ClN2O3/c1-18(31)29-22-16-27(2)24(29)13-8-14-25(27)30(21(22)15-19-9-4-3-5-10-19)26(32)17-33-23-12-7-6-11-20(23)28/h3-7,9-12,21-22,24-25H,8,13-17H2,1-2H3/t21-,22-,24-,25+,27-/m0/s1. The van der Waals surface area contributed by atoms with E-state index in [0.29, 0.717) is 10.8 Å². The number of carbonyl (C=O) groups excluding carboxylic acids is 2. The van der Waals surface area contributed by atoms with E-state index < -0.39 is 0 Å². The number of fused-ring (bicyclic) bond motifs is 1.